The van der Waals surface area contributed by atoms with E-state index in [1.54, 1.807) is 18.2 Å². The van der Waals surface area contributed by atoms with Crippen LogP contribution in [0.4, 0.5) is 0 Å². The number of esters is 1. The van der Waals surface area contributed by atoms with Crippen LogP contribution >= 0.6 is 0 Å². The Kier molecular flexibility index (Phi) is 5.23. The Balaban J connectivity index is 1.91. The Bertz CT molecular complexity index is 831. The molecule has 0 N–H and O–H groups in total. The number of methoxy groups -OCH3 is 1. The van der Waals surface area contributed by atoms with Crippen molar-refractivity contribution in [3.63, 3.8) is 0 Å². The van der Waals surface area contributed by atoms with Crippen LogP contribution in [0.2, 0.25) is 0 Å². The topological polar surface area (TPSA) is 44.8 Å². The monoisotopic (exact) mass is 348 g/mol. The van der Waals surface area contributed by atoms with Gasteiger partial charge in [0.25, 0.3) is 0 Å². The molecule has 0 amide bonds. The highest BCUT2D eigenvalue weighted by Gasteiger charge is 2.12. The molecule has 0 aliphatic heterocycles. The van der Waals surface area contributed by atoms with Crippen molar-refractivity contribution in [3.05, 3.63) is 83.4 Å². The van der Waals surface area contributed by atoms with Crippen LogP contribution in [0.3, 0.4) is 0 Å². The van der Waals surface area contributed by atoms with Crippen molar-refractivity contribution < 1.29 is 19.0 Å². The van der Waals surface area contributed by atoms with E-state index in [0.29, 0.717) is 28.6 Å². The van der Waals surface area contributed by atoms with Gasteiger partial charge in [-0.25, -0.2) is 4.79 Å². The van der Waals surface area contributed by atoms with Gasteiger partial charge in [0.2, 0.25) is 0 Å². The second-order valence-electron chi connectivity index (χ2n) is 6.01. The van der Waals surface area contributed by atoms with E-state index in [9.17, 15) is 4.79 Å². The molecule has 0 atom stereocenters. The lowest BCUT2D eigenvalue weighted by atomic mass is 10.2. The summed E-state index contributed by atoms with van der Waals surface area (Å²) in [6, 6.07) is 20.4. The molecule has 3 aromatic carbocycles. The van der Waals surface area contributed by atoms with Crippen LogP contribution in [0.5, 0.6) is 23.0 Å². The third-order valence-corrected chi connectivity index (χ3v) is 3.81. The molecule has 4 heteroatoms. The maximum absolute atomic E-state index is 12.0. The lowest BCUT2D eigenvalue weighted by Gasteiger charge is -2.12. The lowest BCUT2D eigenvalue weighted by molar-refractivity contribution is 0.0600. The third-order valence-electron chi connectivity index (χ3n) is 3.81. The normalized spacial score (nSPS) is 10.3. The third kappa shape index (κ3) is 4.42. The van der Waals surface area contributed by atoms with Crippen LogP contribution in [0, 0.1) is 13.8 Å². The van der Waals surface area contributed by atoms with E-state index in [4.69, 9.17) is 14.2 Å². The highest BCUT2D eigenvalue weighted by atomic mass is 16.5. The molecule has 0 fully saturated rings. The number of ether oxygens (including phenoxy) is 3. The summed E-state index contributed by atoms with van der Waals surface area (Å²) in [5, 5.41) is 0. The number of carbonyl (C=O) groups is 1. The van der Waals surface area contributed by atoms with Crippen molar-refractivity contribution in [2.24, 2.45) is 0 Å². The summed E-state index contributed by atoms with van der Waals surface area (Å²) >= 11 is 0. The largest absolute Gasteiger partial charge is 0.465 e. The predicted octanol–water partition coefficient (Wildman–Crippen LogP) is 5.67. The molecule has 0 saturated carbocycles. The molecule has 0 spiro atoms. The summed E-state index contributed by atoms with van der Waals surface area (Å²) in [4.78, 5) is 12.0. The summed E-state index contributed by atoms with van der Waals surface area (Å²) in [7, 11) is 1.34. The summed E-state index contributed by atoms with van der Waals surface area (Å²) in [6.45, 7) is 4.02. The van der Waals surface area contributed by atoms with Crippen molar-refractivity contribution in [3.8, 4) is 23.0 Å². The fraction of sp³-hybridized carbons (Fsp3) is 0.136. The Labute approximate surface area is 153 Å². The average Bonchev–Trinajstić information content (AvgIpc) is 2.64. The summed E-state index contributed by atoms with van der Waals surface area (Å²) < 4.78 is 16.6. The van der Waals surface area contributed by atoms with Gasteiger partial charge in [-0.15, -0.1) is 0 Å². The zero-order chi connectivity index (χ0) is 18.5. The molecule has 4 nitrogen and oxygen atoms in total. The molecule has 0 radical (unpaired) electrons. The van der Waals surface area contributed by atoms with Gasteiger partial charge in [-0.05, 0) is 50.2 Å². The maximum atomic E-state index is 12.0. The summed E-state index contributed by atoms with van der Waals surface area (Å²) in [6.07, 6.45) is 0. The number of carbonyl (C=O) groups excluding carboxylic acids is 1. The molecule has 0 aliphatic rings. The average molecular weight is 348 g/mol. The second-order valence-corrected chi connectivity index (χ2v) is 6.01. The van der Waals surface area contributed by atoms with Crippen molar-refractivity contribution in [1.82, 2.24) is 0 Å². The molecule has 26 heavy (non-hydrogen) atoms. The van der Waals surface area contributed by atoms with Crippen molar-refractivity contribution in [1.29, 1.82) is 0 Å². The lowest BCUT2D eigenvalue weighted by Crippen LogP contribution is -2.02. The fourth-order valence-corrected chi connectivity index (χ4v) is 2.41. The molecular weight excluding hydrogens is 328 g/mol. The Morgan fingerprint density at radius 3 is 1.46 bits per heavy atom. The maximum Gasteiger partial charge on any atom is 0.338 e. The first-order valence-electron chi connectivity index (χ1n) is 8.26. The van der Waals surface area contributed by atoms with Gasteiger partial charge in [-0.2, -0.15) is 0 Å². The van der Waals surface area contributed by atoms with Crippen LogP contribution in [0.15, 0.2) is 66.7 Å². The Morgan fingerprint density at radius 1 is 0.654 bits per heavy atom. The minimum atomic E-state index is -0.451. The first-order chi connectivity index (χ1) is 12.5. The molecule has 3 rings (SSSR count). The number of aryl methyl sites for hydroxylation is 2. The zero-order valence-corrected chi connectivity index (χ0v) is 15.0. The number of rotatable bonds is 5. The minimum absolute atomic E-state index is 0.360. The van der Waals surface area contributed by atoms with E-state index < -0.39 is 5.97 Å². The van der Waals surface area contributed by atoms with Crippen LogP contribution in [0.25, 0.3) is 0 Å². The van der Waals surface area contributed by atoms with Gasteiger partial charge in [0.15, 0.2) is 0 Å². The molecular formula is C22H20O4. The second kappa shape index (κ2) is 7.74. The molecule has 132 valence electrons. The van der Waals surface area contributed by atoms with Crippen LogP contribution in [0.1, 0.15) is 21.5 Å². The highest BCUT2D eigenvalue weighted by Crippen LogP contribution is 2.31. The SMILES string of the molecule is COC(=O)c1cc(Oc2ccc(C)cc2)cc(Oc2ccc(C)cc2)c1. The van der Waals surface area contributed by atoms with E-state index in [2.05, 4.69) is 0 Å². The number of benzene rings is 3. The Hall–Kier alpha value is -3.27. The van der Waals surface area contributed by atoms with Gasteiger partial charge in [-0.1, -0.05) is 35.4 Å². The van der Waals surface area contributed by atoms with Crippen LogP contribution in [-0.4, -0.2) is 13.1 Å². The minimum Gasteiger partial charge on any atom is -0.465 e. The van der Waals surface area contributed by atoms with Crippen LogP contribution in [-0.2, 0) is 4.74 Å². The van der Waals surface area contributed by atoms with Gasteiger partial charge in [0, 0.05) is 6.07 Å². The Morgan fingerprint density at radius 2 is 1.08 bits per heavy atom. The van der Waals surface area contributed by atoms with Gasteiger partial charge in [-0.3, -0.25) is 0 Å². The van der Waals surface area contributed by atoms with E-state index in [1.165, 1.54) is 7.11 Å². The van der Waals surface area contributed by atoms with Gasteiger partial charge in [0.05, 0.1) is 12.7 Å². The smallest absolute Gasteiger partial charge is 0.338 e. The highest BCUT2D eigenvalue weighted by molar-refractivity contribution is 5.90. The van der Waals surface area contributed by atoms with Gasteiger partial charge >= 0.3 is 5.97 Å². The van der Waals surface area contributed by atoms with E-state index in [-0.39, 0.29) is 0 Å². The van der Waals surface area contributed by atoms with E-state index in [1.807, 2.05) is 62.4 Å². The van der Waals surface area contributed by atoms with Crippen molar-refractivity contribution in [2.75, 3.05) is 7.11 Å². The van der Waals surface area contributed by atoms with Crippen molar-refractivity contribution >= 4 is 5.97 Å². The molecule has 0 heterocycles. The van der Waals surface area contributed by atoms with E-state index >= 15 is 0 Å². The number of hydrogen-bond acceptors (Lipinski definition) is 4. The first-order valence-corrected chi connectivity index (χ1v) is 8.26. The van der Waals surface area contributed by atoms with Gasteiger partial charge in [0.1, 0.15) is 23.0 Å². The summed E-state index contributed by atoms with van der Waals surface area (Å²) in [5.41, 5.74) is 2.65. The molecule has 0 bridgehead atoms. The van der Waals surface area contributed by atoms with Crippen LogP contribution < -0.4 is 9.47 Å². The molecule has 0 unspecified atom stereocenters. The zero-order valence-electron chi connectivity index (χ0n) is 15.0. The number of hydrogen-bond donors (Lipinski definition) is 0. The molecule has 3 aromatic rings. The fourth-order valence-electron chi connectivity index (χ4n) is 2.41. The molecule has 0 aromatic heterocycles. The summed E-state index contributed by atoms with van der Waals surface area (Å²) in [5.74, 6) is 1.91. The van der Waals surface area contributed by atoms with Crippen molar-refractivity contribution in [2.45, 2.75) is 13.8 Å². The quantitative estimate of drug-likeness (QED) is 0.557. The first kappa shape index (κ1) is 17.5. The predicted molar refractivity (Wildman–Crippen MR) is 100 cm³/mol. The molecule has 0 saturated heterocycles. The van der Waals surface area contributed by atoms with Gasteiger partial charge < -0.3 is 14.2 Å². The standard InChI is InChI=1S/C22H20O4/c1-15-4-8-18(9-5-15)25-20-12-17(22(23)24-3)13-21(14-20)26-19-10-6-16(2)7-11-19/h4-14H,1-3H3. The molecule has 0 aliphatic carbocycles. The van der Waals surface area contributed by atoms with E-state index in [0.717, 1.165) is 11.1 Å².